The lowest BCUT2D eigenvalue weighted by molar-refractivity contribution is -0.141. The summed E-state index contributed by atoms with van der Waals surface area (Å²) >= 11 is 0. The van der Waals surface area contributed by atoms with Crippen LogP contribution in [-0.2, 0) is 4.79 Å². The maximum atomic E-state index is 12.8. The number of amides is 1. The van der Waals surface area contributed by atoms with Crippen LogP contribution in [0.3, 0.4) is 0 Å². The highest BCUT2D eigenvalue weighted by atomic mass is 16.3. The Balaban J connectivity index is 2.01. The van der Waals surface area contributed by atoms with Gasteiger partial charge in [-0.1, -0.05) is 26.2 Å². The number of carbonyl (C=O) groups excluding carboxylic acids is 1. The Bertz CT molecular complexity index is 306. The van der Waals surface area contributed by atoms with E-state index >= 15 is 0 Å². The molecule has 0 aliphatic heterocycles. The van der Waals surface area contributed by atoms with Crippen LogP contribution in [0.25, 0.3) is 0 Å². The van der Waals surface area contributed by atoms with Gasteiger partial charge in [-0.15, -0.1) is 0 Å². The molecule has 0 bridgehead atoms. The van der Waals surface area contributed by atoms with Crippen molar-refractivity contribution in [3.05, 3.63) is 0 Å². The van der Waals surface area contributed by atoms with Crippen LogP contribution < -0.4 is 5.73 Å². The third-order valence-electron chi connectivity index (χ3n) is 4.97. The Kier molecular flexibility index (Phi) is 5.85. The van der Waals surface area contributed by atoms with Crippen molar-refractivity contribution in [3.63, 3.8) is 0 Å². The van der Waals surface area contributed by atoms with Gasteiger partial charge in [0.1, 0.15) is 0 Å². The summed E-state index contributed by atoms with van der Waals surface area (Å²) in [6, 6.07) is 0.506. The van der Waals surface area contributed by atoms with Gasteiger partial charge >= 0.3 is 0 Å². The molecule has 1 amide bonds. The predicted octanol–water partition coefficient (Wildman–Crippen LogP) is 1.90. The minimum atomic E-state index is 0.0660. The average molecular weight is 282 g/mol. The molecule has 2 rings (SSSR count). The second-order valence-corrected chi connectivity index (χ2v) is 6.82. The van der Waals surface area contributed by atoms with E-state index in [0.29, 0.717) is 18.5 Å². The highest BCUT2D eigenvalue weighted by Gasteiger charge is 2.34. The van der Waals surface area contributed by atoms with Gasteiger partial charge in [0, 0.05) is 24.5 Å². The molecule has 0 heterocycles. The summed E-state index contributed by atoms with van der Waals surface area (Å²) in [6.45, 7) is 2.75. The van der Waals surface area contributed by atoms with E-state index < -0.39 is 0 Å². The SMILES string of the molecule is CC1CC(N)CC(C(=O)N(CCO)C2CCCCC2)C1. The van der Waals surface area contributed by atoms with Crippen molar-refractivity contribution in [1.82, 2.24) is 4.90 Å². The summed E-state index contributed by atoms with van der Waals surface area (Å²) in [6.07, 6.45) is 8.70. The van der Waals surface area contributed by atoms with Crippen LogP contribution in [-0.4, -0.2) is 41.1 Å². The number of nitrogens with zero attached hydrogens (tertiary/aromatic N) is 1. The van der Waals surface area contributed by atoms with E-state index in [-0.39, 0.29) is 24.5 Å². The van der Waals surface area contributed by atoms with Gasteiger partial charge in [0.2, 0.25) is 5.91 Å². The minimum Gasteiger partial charge on any atom is -0.395 e. The number of carbonyl (C=O) groups is 1. The van der Waals surface area contributed by atoms with Gasteiger partial charge in [0.25, 0.3) is 0 Å². The predicted molar refractivity (Wildman–Crippen MR) is 80.2 cm³/mol. The molecule has 0 aromatic rings. The summed E-state index contributed by atoms with van der Waals surface area (Å²) in [5.74, 6) is 0.852. The highest BCUT2D eigenvalue weighted by molar-refractivity contribution is 5.79. The van der Waals surface area contributed by atoms with E-state index in [4.69, 9.17) is 5.73 Å². The summed E-state index contributed by atoms with van der Waals surface area (Å²) in [7, 11) is 0. The summed E-state index contributed by atoms with van der Waals surface area (Å²) in [5, 5.41) is 9.30. The molecule has 3 atom stereocenters. The van der Waals surface area contributed by atoms with Crippen LogP contribution in [0.5, 0.6) is 0 Å². The molecule has 116 valence electrons. The van der Waals surface area contributed by atoms with Crippen molar-refractivity contribution in [1.29, 1.82) is 0 Å². The first kappa shape index (κ1) is 15.8. The molecule has 2 aliphatic carbocycles. The lowest BCUT2D eigenvalue weighted by Gasteiger charge is -2.39. The smallest absolute Gasteiger partial charge is 0.226 e. The van der Waals surface area contributed by atoms with Gasteiger partial charge < -0.3 is 15.7 Å². The van der Waals surface area contributed by atoms with E-state index in [2.05, 4.69) is 6.92 Å². The molecule has 3 unspecified atom stereocenters. The molecule has 0 aromatic carbocycles. The molecule has 4 nitrogen and oxygen atoms in total. The van der Waals surface area contributed by atoms with Crippen LogP contribution in [0.1, 0.15) is 58.3 Å². The Hall–Kier alpha value is -0.610. The number of hydrogen-bond acceptors (Lipinski definition) is 3. The number of aliphatic hydroxyl groups is 1. The fraction of sp³-hybridized carbons (Fsp3) is 0.938. The van der Waals surface area contributed by atoms with Crippen LogP contribution in [0.15, 0.2) is 0 Å². The molecule has 2 aliphatic rings. The molecule has 2 saturated carbocycles. The van der Waals surface area contributed by atoms with Crippen molar-refractivity contribution in [3.8, 4) is 0 Å². The molecule has 2 fully saturated rings. The third kappa shape index (κ3) is 3.95. The standard InChI is InChI=1S/C16H30N2O2/c1-12-9-13(11-14(17)10-12)16(20)18(7-8-19)15-5-3-2-4-6-15/h12-15,19H,2-11,17H2,1H3. The fourth-order valence-electron chi connectivity index (χ4n) is 4.07. The molecule has 0 aromatic heterocycles. The minimum absolute atomic E-state index is 0.0660. The number of hydrogen-bond donors (Lipinski definition) is 2. The zero-order valence-corrected chi connectivity index (χ0v) is 12.8. The molecule has 0 radical (unpaired) electrons. The van der Waals surface area contributed by atoms with Gasteiger partial charge in [-0.2, -0.15) is 0 Å². The van der Waals surface area contributed by atoms with E-state index in [1.807, 2.05) is 4.90 Å². The van der Waals surface area contributed by atoms with Crippen molar-refractivity contribution in [2.45, 2.75) is 70.4 Å². The maximum Gasteiger partial charge on any atom is 0.226 e. The zero-order chi connectivity index (χ0) is 14.5. The van der Waals surface area contributed by atoms with Crippen LogP contribution in [0.4, 0.5) is 0 Å². The zero-order valence-electron chi connectivity index (χ0n) is 12.8. The Morgan fingerprint density at radius 3 is 2.50 bits per heavy atom. The molecular formula is C16H30N2O2. The van der Waals surface area contributed by atoms with Gasteiger partial charge in [0.05, 0.1) is 6.61 Å². The van der Waals surface area contributed by atoms with Crippen LogP contribution >= 0.6 is 0 Å². The lowest BCUT2D eigenvalue weighted by atomic mass is 9.78. The second kappa shape index (κ2) is 7.41. The molecule has 0 saturated heterocycles. The molecule has 4 heteroatoms. The largest absolute Gasteiger partial charge is 0.395 e. The number of aliphatic hydroxyl groups excluding tert-OH is 1. The summed E-state index contributed by atoms with van der Waals surface area (Å²) in [4.78, 5) is 14.8. The van der Waals surface area contributed by atoms with E-state index in [1.54, 1.807) is 0 Å². The quantitative estimate of drug-likeness (QED) is 0.827. The van der Waals surface area contributed by atoms with E-state index in [1.165, 1.54) is 19.3 Å². The van der Waals surface area contributed by atoms with Crippen molar-refractivity contribution in [2.24, 2.45) is 17.6 Å². The van der Waals surface area contributed by atoms with E-state index in [9.17, 15) is 9.90 Å². The third-order valence-corrected chi connectivity index (χ3v) is 4.97. The molecule has 0 spiro atoms. The van der Waals surface area contributed by atoms with Gasteiger partial charge in [-0.25, -0.2) is 0 Å². The first-order valence-electron chi connectivity index (χ1n) is 8.28. The summed E-state index contributed by atoms with van der Waals surface area (Å²) < 4.78 is 0. The van der Waals surface area contributed by atoms with Gasteiger partial charge in [0.15, 0.2) is 0 Å². The van der Waals surface area contributed by atoms with Gasteiger partial charge in [-0.3, -0.25) is 4.79 Å². The van der Waals surface area contributed by atoms with Crippen molar-refractivity contribution >= 4 is 5.91 Å². The molecule has 3 N–H and O–H groups in total. The van der Waals surface area contributed by atoms with Crippen molar-refractivity contribution < 1.29 is 9.90 Å². The lowest BCUT2D eigenvalue weighted by Crippen LogP contribution is -2.48. The first-order valence-corrected chi connectivity index (χ1v) is 8.28. The van der Waals surface area contributed by atoms with E-state index in [0.717, 1.165) is 32.1 Å². The molecule has 20 heavy (non-hydrogen) atoms. The fourth-order valence-corrected chi connectivity index (χ4v) is 4.07. The summed E-state index contributed by atoms with van der Waals surface area (Å²) in [5.41, 5.74) is 6.09. The Morgan fingerprint density at radius 2 is 1.90 bits per heavy atom. The first-order chi connectivity index (χ1) is 9.61. The topological polar surface area (TPSA) is 66.6 Å². The van der Waals surface area contributed by atoms with Gasteiger partial charge in [-0.05, 0) is 38.0 Å². The normalized spacial score (nSPS) is 32.0. The van der Waals surface area contributed by atoms with Crippen molar-refractivity contribution in [2.75, 3.05) is 13.2 Å². The Morgan fingerprint density at radius 1 is 1.20 bits per heavy atom. The maximum absolute atomic E-state index is 12.8. The number of rotatable bonds is 4. The number of nitrogens with two attached hydrogens (primary N) is 1. The average Bonchev–Trinajstić information content (AvgIpc) is 2.44. The monoisotopic (exact) mass is 282 g/mol. The van der Waals surface area contributed by atoms with Crippen LogP contribution in [0.2, 0.25) is 0 Å². The highest BCUT2D eigenvalue weighted by Crippen LogP contribution is 2.31. The second-order valence-electron chi connectivity index (χ2n) is 6.82. The Labute approximate surface area is 122 Å². The molecular weight excluding hydrogens is 252 g/mol. The van der Waals surface area contributed by atoms with Crippen LogP contribution in [0, 0.1) is 11.8 Å².